The number of aromatic nitrogens is 2. The fourth-order valence-corrected chi connectivity index (χ4v) is 2.64. The van der Waals surface area contributed by atoms with Crippen molar-refractivity contribution in [3.05, 3.63) is 18.0 Å². The summed E-state index contributed by atoms with van der Waals surface area (Å²) in [6.45, 7) is 9.67. The Bertz CT molecular complexity index is 352. The molecule has 1 fully saturated rings. The fraction of sp³-hybridized carbons (Fsp3) is 0.750. The molecule has 1 heterocycles. The molecule has 84 valence electrons. The van der Waals surface area contributed by atoms with Gasteiger partial charge in [-0.15, -0.1) is 0 Å². The van der Waals surface area contributed by atoms with Crippen molar-refractivity contribution < 1.29 is 0 Å². The molecule has 1 saturated carbocycles. The van der Waals surface area contributed by atoms with Crippen LogP contribution in [0.25, 0.3) is 0 Å². The Morgan fingerprint density at radius 1 is 1.53 bits per heavy atom. The molecule has 2 N–H and O–H groups in total. The Morgan fingerprint density at radius 2 is 2.20 bits per heavy atom. The van der Waals surface area contributed by atoms with Crippen LogP contribution in [0.15, 0.2) is 12.4 Å². The van der Waals surface area contributed by atoms with Gasteiger partial charge in [-0.1, -0.05) is 13.8 Å². The van der Waals surface area contributed by atoms with Crippen molar-refractivity contribution in [2.24, 2.45) is 17.1 Å². The first-order valence-electron chi connectivity index (χ1n) is 5.72. The minimum absolute atomic E-state index is 0.361. The lowest BCUT2D eigenvalue weighted by Gasteiger charge is -2.03. The molecule has 0 saturated heterocycles. The van der Waals surface area contributed by atoms with E-state index in [0.717, 1.165) is 6.54 Å². The van der Waals surface area contributed by atoms with Crippen LogP contribution in [0.5, 0.6) is 0 Å². The van der Waals surface area contributed by atoms with Crippen molar-refractivity contribution in [2.45, 2.75) is 39.7 Å². The summed E-state index contributed by atoms with van der Waals surface area (Å²) in [5.74, 6) is 1.23. The minimum Gasteiger partial charge on any atom is -0.330 e. The van der Waals surface area contributed by atoms with Gasteiger partial charge in [0.05, 0.1) is 6.20 Å². The molecule has 0 bridgehead atoms. The molecule has 2 atom stereocenters. The van der Waals surface area contributed by atoms with Gasteiger partial charge in [0.25, 0.3) is 0 Å². The molecule has 1 aliphatic carbocycles. The van der Waals surface area contributed by atoms with Crippen LogP contribution in [0.2, 0.25) is 0 Å². The molecule has 1 aliphatic rings. The number of hydrogen-bond donors (Lipinski definition) is 1. The SMILES string of the molecule is CC(C)n1cc([C@@H]2[C@@H](CN)C2(C)C)cn1. The van der Waals surface area contributed by atoms with Gasteiger partial charge in [-0.25, -0.2) is 0 Å². The summed E-state index contributed by atoms with van der Waals surface area (Å²) in [6.07, 6.45) is 4.18. The molecule has 2 rings (SSSR count). The Balaban J connectivity index is 2.18. The number of nitrogens with two attached hydrogens (primary N) is 1. The van der Waals surface area contributed by atoms with E-state index in [4.69, 9.17) is 5.73 Å². The molecular weight excluding hydrogens is 186 g/mol. The van der Waals surface area contributed by atoms with Crippen LogP contribution in [0.3, 0.4) is 0 Å². The molecule has 1 aromatic heterocycles. The van der Waals surface area contributed by atoms with Crippen LogP contribution >= 0.6 is 0 Å². The summed E-state index contributed by atoms with van der Waals surface area (Å²) >= 11 is 0. The number of rotatable bonds is 3. The van der Waals surface area contributed by atoms with E-state index < -0.39 is 0 Å². The summed E-state index contributed by atoms with van der Waals surface area (Å²) in [4.78, 5) is 0. The first kappa shape index (κ1) is 10.7. The largest absolute Gasteiger partial charge is 0.330 e. The molecular formula is C12H21N3. The van der Waals surface area contributed by atoms with E-state index in [2.05, 4.69) is 39.0 Å². The average Bonchev–Trinajstić information content (AvgIpc) is 2.58. The molecule has 0 aliphatic heterocycles. The monoisotopic (exact) mass is 207 g/mol. The highest BCUT2D eigenvalue weighted by Gasteiger charge is 2.57. The molecule has 0 unspecified atom stereocenters. The molecule has 0 spiro atoms. The summed E-state index contributed by atoms with van der Waals surface area (Å²) < 4.78 is 2.03. The average molecular weight is 207 g/mol. The van der Waals surface area contributed by atoms with Crippen molar-refractivity contribution in [2.75, 3.05) is 6.54 Å². The number of hydrogen-bond acceptors (Lipinski definition) is 2. The molecule has 3 nitrogen and oxygen atoms in total. The lowest BCUT2D eigenvalue weighted by Crippen LogP contribution is -2.05. The van der Waals surface area contributed by atoms with Crippen LogP contribution < -0.4 is 5.73 Å². The first-order chi connectivity index (χ1) is 6.98. The summed E-state index contributed by atoms with van der Waals surface area (Å²) in [5.41, 5.74) is 7.49. The van der Waals surface area contributed by atoms with E-state index in [1.807, 2.05) is 10.9 Å². The van der Waals surface area contributed by atoms with Gasteiger partial charge >= 0.3 is 0 Å². The lowest BCUT2D eigenvalue weighted by molar-refractivity contribution is 0.531. The third-order valence-electron chi connectivity index (χ3n) is 3.81. The van der Waals surface area contributed by atoms with E-state index in [1.165, 1.54) is 5.56 Å². The fourth-order valence-electron chi connectivity index (χ4n) is 2.64. The maximum absolute atomic E-state index is 5.78. The Kier molecular flexibility index (Phi) is 2.38. The maximum Gasteiger partial charge on any atom is 0.0525 e. The summed E-state index contributed by atoms with van der Waals surface area (Å²) in [5, 5.41) is 4.39. The van der Waals surface area contributed by atoms with E-state index in [-0.39, 0.29) is 0 Å². The second kappa shape index (κ2) is 3.34. The van der Waals surface area contributed by atoms with Gasteiger partial charge < -0.3 is 5.73 Å². The van der Waals surface area contributed by atoms with Gasteiger partial charge in [-0.2, -0.15) is 5.10 Å². The summed E-state index contributed by atoms with van der Waals surface area (Å²) in [6, 6.07) is 0.442. The highest BCUT2D eigenvalue weighted by molar-refractivity contribution is 5.28. The second-order valence-electron chi connectivity index (χ2n) is 5.49. The molecule has 1 aromatic rings. The Hall–Kier alpha value is -0.830. The van der Waals surface area contributed by atoms with E-state index in [0.29, 0.717) is 23.3 Å². The van der Waals surface area contributed by atoms with E-state index >= 15 is 0 Å². The third-order valence-corrected chi connectivity index (χ3v) is 3.81. The van der Waals surface area contributed by atoms with Crippen LogP contribution in [-0.2, 0) is 0 Å². The zero-order valence-electron chi connectivity index (χ0n) is 10.1. The quantitative estimate of drug-likeness (QED) is 0.825. The minimum atomic E-state index is 0.361. The van der Waals surface area contributed by atoms with Gasteiger partial charge in [0, 0.05) is 12.2 Å². The molecule has 15 heavy (non-hydrogen) atoms. The molecule has 0 amide bonds. The highest BCUT2D eigenvalue weighted by atomic mass is 15.3. The second-order valence-corrected chi connectivity index (χ2v) is 5.49. The standard InChI is InChI=1S/C12H21N3/c1-8(2)15-7-9(6-14-15)11-10(5-13)12(11,3)4/h6-8,10-11H,5,13H2,1-4H3/t10-,11-/m1/s1. The van der Waals surface area contributed by atoms with Gasteiger partial charge in [0.15, 0.2) is 0 Å². The van der Waals surface area contributed by atoms with E-state index in [9.17, 15) is 0 Å². The van der Waals surface area contributed by atoms with Crippen molar-refractivity contribution in [1.82, 2.24) is 9.78 Å². The zero-order chi connectivity index (χ0) is 11.2. The normalized spacial score (nSPS) is 28.4. The highest BCUT2D eigenvalue weighted by Crippen LogP contribution is 2.63. The Morgan fingerprint density at radius 3 is 2.60 bits per heavy atom. The topological polar surface area (TPSA) is 43.8 Å². The Labute approximate surface area is 91.7 Å². The van der Waals surface area contributed by atoms with Crippen LogP contribution in [-0.4, -0.2) is 16.3 Å². The molecule has 0 aromatic carbocycles. The van der Waals surface area contributed by atoms with Crippen LogP contribution in [0, 0.1) is 11.3 Å². The predicted molar refractivity (Wildman–Crippen MR) is 61.7 cm³/mol. The van der Waals surface area contributed by atoms with E-state index in [1.54, 1.807) is 0 Å². The van der Waals surface area contributed by atoms with Crippen molar-refractivity contribution >= 4 is 0 Å². The first-order valence-corrected chi connectivity index (χ1v) is 5.72. The smallest absolute Gasteiger partial charge is 0.0525 e. The predicted octanol–water partition coefficient (Wildman–Crippen LogP) is 2.16. The lowest BCUT2D eigenvalue weighted by atomic mass is 10.1. The van der Waals surface area contributed by atoms with Crippen LogP contribution in [0.1, 0.15) is 45.2 Å². The van der Waals surface area contributed by atoms with Gasteiger partial charge in [0.1, 0.15) is 0 Å². The third kappa shape index (κ3) is 1.59. The van der Waals surface area contributed by atoms with Crippen molar-refractivity contribution in [1.29, 1.82) is 0 Å². The zero-order valence-corrected chi connectivity index (χ0v) is 10.1. The molecule has 3 heteroatoms. The van der Waals surface area contributed by atoms with Crippen molar-refractivity contribution in [3.63, 3.8) is 0 Å². The van der Waals surface area contributed by atoms with Crippen molar-refractivity contribution in [3.8, 4) is 0 Å². The van der Waals surface area contributed by atoms with Gasteiger partial charge in [0.2, 0.25) is 0 Å². The van der Waals surface area contributed by atoms with Crippen LogP contribution in [0.4, 0.5) is 0 Å². The molecule has 0 radical (unpaired) electrons. The summed E-state index contributed by atoms with van der Waals surface area (Å²) in [7, 11) is 0. The maximum atomic E-state index is 5.78. The van der Waals surface area contributed by atoms with Gasteiger partial charge in [-0.05, 0) is 43.2 Å². The van der Waals surface area contributed by atoms with Gasteiger partial charge in [-0.3, -0.25) is 4.68 Å². The number of nitrogens with zero attached hydrogens (tertiary/aromatic N) is 2.